The Balaban J connectivity index is 3.08. The zero-order valence-corrected chi connectivity index (χ0v) is 14.6. The second kappa shape index (κ2) is 7.92. The Morgan fingerprint density at radius 3 is 2.43 bits per heavy atom. The predicted octanol–water partition coefficient (Wildman–Crippen LogP) is 3.02. The van der Waals surface area contributed by atoms with Crippen molar-refractivity contribution in [2.24, 2.45) is 5.92 Å². The maximum atomic E-state index is 12.6. The lowest BCUT2D eigenvalue weighted by molar-refractivity contribution is 0.417. The fraction of sp³-hybridized carbons (Fsp3) is 0.625. The highest BCUT2D eigenvalue weighted by Gasteiger charge is 2.22. The summed E-state index contributed by atoms with van der Waals surface area (Å²) in [6.45, 7) is 9.57. The van der Waals surface area contributed by atoms with E-state index >= 15 is 0 Å². The average molecular weight is 312 g/mol. The number of sulfonamides is 1. The van der Waals surface area contributed by atoms with Crippen LogP contribution in [0.1, 0.15) is 45.7 Å². The molecule has 1 N–H and O–H groups in total. The van der Waals surface area contributed by atoms with Gasteiger partial charge in [0.25, 0.3) is 0 Å². The smallest absolute Gasteiger partial charge is 0.242 e. The highest BCUT2D eigenvalue weighted by atomic mass is 32.2. The second-order valence-electron chi connectivity index (χ2n) is 5.77. The molecule has 0 saturated carbocycles. The monoisotopic (exact) mass is 312 g/mol. The lowest BCUT2D eigenvalue weighted by Gasteiger charge is -2.21. The van der Waals surface area contributed by atoms with Gasteiger partial charge in [0.2, 0.25) is 10.0 Å². The summed E-state index contributed by atoms with van der Waals surface area (Å²) in [6.07, 6.45) is 0.930. The van der Waals surface area contributed by atoms with Gasteiger partial charge in [-0.15, -0.1) is 0 Å². The molecule has 120 valence electrons. The quantitative estimate of drug-likeness (QED) is 0.803. The molecule has 1 aromatic rings. The summed E-state index contributed by atoms with van der Waals surface area (Å²) in [5.74, 6) is 0.304. The van der Waals surface area contributed by atoms with Crippen molar-refractivity contribution in [3.63, 3.8) is 0 Å². The lowest BCUT2D eigenvalue weighted by Crippen LogP contribution is -2.30. The van der Waals surface area contributed by atoms with Gasteiger partial charge in [-0.1, -0.05) is 39.8 Å². The van der Waals surface area contributed by atoms with Crippen molar-refractivity contribution < 1.29 is 8.42 Å². The molecule has 0 fully saturated rings. The molecule has 0 aliphatic heterocycles. The van der Waals surface area contributed by atoms with E-state index in [9.17, 15) is 8.42 Å². The lowest BCUT2D eigenvalue weighted by atomic mass is 10.0. The Kier molecular flexibility index (Phi) is 6.84. The topological polar surface area (TPSA) is 49.4 Å². The van der Waals surface area contributed by atoms with E-state index < -0.39 is 10.0 Å². The highest BCUT2D eigenvalue weighted by molar-refractivity contribution is 7.89. The molecular weight excluding hydrogens is 284 g/mol. The van der Waals surface area contributed by atoms with Gasteiger partial charge in [-0.05, 0) is 36.6 Å². The standard InChI is InChI=1S/C16H28N2O2S/c1-6-16(17-7-2)14-9-8-10-15(11-14)21(19,20)18(5)12-13(3)4/h8-11,13,16-17H,6-7,12H2,1-5H3. The van der Waals surface area contributed by atoms with E-state index in [2.05, 4.69) is 19.2 Å². The molecule has 1 aromatic carbocycles. The minimum atomic E-state index is -3.41. The minimum absolute atomic E-state index is 0.195. The summed E-state index contributed by atoms with van der Waals surface area (Å²) in [6, 6.07) is 7.47. The van der Waals surface area contributed by atoms with Gasteiger partial charge in [-0.25, -0.2) is 12.7 Å². The number of nitrogens with zero attached hydrogens (tertiary/aromatic N) is 1. The van der Waals surface area contributed by atoms with Crippen LogP contribution in [0.2, 0.25) is 0 Å². The molecule has 1 atom stereocenters. The van der Waals surface area contributed by atoms with Gasteiger partial charge in [-0.3, -0.25) is 0 Å². The highest BCUT2D eigenvalue weighted by Crippen LogP contribution is 2.22. The summed E-state index contributed by atoms with van der Waals surface area (Å²) >= 11 is 0. The Morgan fingerprint density at radius 2 is 1.90 bits per heavy atom. The van der Waals surface area contributed by atoms with Gasteiger partial charge in [0, 0.05) is 19.6 Å². The first-order valence-corrected chi connectivity index (χ1v) is 9.06. The molecular formula is C16H28N2O2S. The van der Waals surface area contributed by atoms with Crippen LogP contribution in [0.3, 0.4) is 0 Å². The third-order valence-electron chi connectivity index (χ3n) is 3.45. The van der Waals surface area contributed by atoms with E-state index in [4.69, 9.17) is 0 Å². The SMILES string of the molecule is CCNC(CC)c1cccc(S(=O)(=O)N(C)CC(C)C)c1. The first-order chi connectivity index (χ1) is 9.82. The molecule has 0 aromatic heterocycles. The molecule has 0 saturated heterocycles. The third-order valence-corrected chi connectivity index (χ3v) is 5.27. The molecule has 0 radical (unpaired) electrons. The zero-order valence-electron chi connectivity index (χ0n) is 13.8. The van der Waals surface area contributed by atoms with E-state index in [0.717, 1.165) is 18.5 Å². The van der Waals surface area contributed by atoms with Crippen LogP contribution in [0.5, 0.6) is 0 Å². The van der Waals surface area contributed by atoms with Gasteiger partial charge in [0.15, 0.2) is 0 Å². The summed E-state index contributed by atoms with van der Waals surface area (Å²) in [4.78, 5) is 0.375. The van der Waals surface area contributed by atoms with Crippen LogP contribution < -0.4 is 5.32 Å². The molecule has 21 heavy (non-hydrogen) atoms. The number of hydrogen-bond acceptors (Lipinski definition) is 3. The Labute approximate surface area is 129 Å². The number of benzene rings is 1. The van der Waals surface area contributed by atoms with Crippen molar-refractivity contribution in [2.75, 3.05) is 20.1 Å². The number of nitrogens with one attached hydrogen (secondary N) is 1. The Bertz CT molecular complexity index is 541. The summed E-state index contributed by atoms with van der Waals surface area (Å²) in [5.41, 5.74) is 1.03. The maximum Gasteiger partial charge on any atom is 0.242 e. The van der Waals surface area contributed by atoms with Crippen molar-refractivity contribution >= 4 is 10.0 Å². The van der Waals surface area contributed by atoms with Crippen LogP contribution in [0, 0.1) is 5.92 Å². The molecule has 0 aliphatic carbocycles. The van der Waals surface area contributed by atoms with Crippen molar-refractivity contribution in [2.45, 2.75) is 45.1 Å². The van der Waals surface area contributed by atoms with Gasteiger partial charge in [-0.2, -0.15) is 0 Å². The normalized spacial score (nSPS) is 13.9. The van der Waals surface area contributed by atoms with Crippen molar-refractivity contribution in [1.29, 1.82) is 0 Å². The minimum Gasteiger partial charge on any atom is -0.310 e. The molecule has 0 bridgehead atoms. The van der Waals surface area contributed by atoms with Gasteiger partial charge in [0.05, 0.1) is 4.90 Å². The third kappa shape index (κ3) is 4.80. The predicted molar refractivity (Wildman–Crippen MR) is 87.8 cm³/mol. The Morgan fingerprint density at radius 1 is 1.24 bits per heavy atom. The van der Waals surface area contributed by atoms with Gasteiger partial charge < -0.3 is 5.32 Å². The number of hydrogen-bond donors (Lipinski definition) is 1. The van der Waals surface area contributed by atoms with Gasteiger partial charge >= 0.3 is 0 Å². The van der Waals surface area contributed by atoms with Crippen LogP contribution >= 0.6 is 0 Å². The largest absolute Gasteiger partial charge is 0.310 e. The van der Waals surface area contributed by atoms with Crippen LogP contribution in [-0.2, 0) is 10.0 Å². The molecule has 1 rings (SSSR count). The van der Waals surface area contributed by atoms with Crippen LogP contribution in [-0.4, -0.2) is 32.9 Å². The van der Waals surface area contributed by atoms with E-state index in [1.807, 2.05) is 26.0 Å². The Hall–Kier alpha value is -0.910. The molecule has 5 heteroatoms. The zero-order chi connectivity index (χ0) is 16.0. The van der Waals surface area contributed by atoms with Crippen molar-refractivity contribution in [1.82, 2.24) is 9.62 Å². The second-order valence-corrected chi connectivity index (χ2v) is 7.82. The average Bonchev–Trinajstić information content (AvgIpc) is 2.44. The fourth-order valence-corrected chi connectivity index (χ4v) is 3.82. The molecule has 0 amide bonds. The first-order valence-electron chi connectivity index (χ1n) is 7.62. The van der Waals surface area contributed by atoms with E-state index in [1.54, 1.807) is 19.2 Å². The molecule has 0 spiro atoms. The van der Waals surface area contributed by atoms with Crippen LogP contribution in [0.4, 0.5) is 0 Å². The van der Waals surface area contributed by atoms with Gasteiger partial charge in [0.1, 0.15) is 0 Å². The molecule has 1 unspecified atom stereocenters. The van der Waals surface area contributed by atoms with E-state index in [0.29, 0.717) is 17.4 Å². The van der Waals surface area contributed by atoms with Crippen LogP contribution in [0.15, 0.2) is 29.2 Å². The maximum absolute atomic E-state index is 12.6. The van der Waals surface area contributed by atoms with Crippen LogP contribution in [0.25, 0.3) is 0 Å². The van der Waals surface area contributed by atoms with Crippen molar-refractivity contribution in [3.05, 3.63) is 29.8 Å². The molecule has 0 heterocycles. The summed E-state index contributed by atoms with van der Waals surface area (Å²) in [7, 11) is -1.77. The molecule has 4 nitrogen and oxygen atoms in total. The summed E-state index contributed by atoms with van der Waals surface area (Å²) < 4.78 is 26.6. The van der Waals surface area contributed by atoms with E-state index in [-0.39, 0.29) is 6.04 Å². The van der Waals surface area contributed by atoms with E-state index in [1.165, 1.54) is 4.31 Å². The molecule has 0 aliphatic rings. The fourth-order valence-electron chi connectivity index (χ4n) is 2.43. The number of rotatable bonds is 8. The first kappa shape index (κ1) is 18.1. The summed E-state index contributed by atoms with van der Waals surface area (Å²) in [5, 5.41) is 3.38. The van der Waals surface area contributed by atoms with Crippen molar-refractivity contribution in [3.8, 4) is 0 Å².